The largest absolute Gasteiger partial charge is 0.507 e. The molecular formula is C63H62N3OPt-. The molecule has 0 aliphatic carbocycles. The monoisotopic (exact) mass is 1070 g/mol. The van der Waals surface area contributed by atoms with E-state index in [2.05, 4.69) is 219 Å². The molecular weight excluding hydrogens is 1010 g/mol. The standard InChI is InChI=1S/C63H62N3O.Pt/c1-40(2)44-27-30-56(52(36-44)43-25-28-49(29-26-43)61(3,4)5)66-57-24-18-23-51(58(57)65-60(66)53-38-50(62(6,7)8)39-54(59(53)67)63(9,10)11)47-33-46(42-21-16-13-17-22-42)34-48(35-47)55-37-45(31-32-64-55)41-19-14-12-15-20-41;/h12-34,36-40,67H,1-11H3;/q-1;/i40D;. The van der Waals surface area contributed by atoms with Gasteiger partial charge in [0.2, 0.25) is 0 Å². The van der Waals surface area contributed by atoms with Gasteiger partial charge in [0, 0.05) is 45.5 Å². The Labute approximate surface area is 419 Å². The summed E-state index contributed by atoms with van der Waals surface area (Å²) >= 11 is 0. The molecule has 0 unspecified atom stereocenters. The molecule has 5 heteroatoms. The second-order valence-corrected chi connectivity index (χ2v) is 21.3. The van der Waals surface area contributed by atoms with Crippen molar-refractivity contribution >= 4 is 11.0 Å². The summed E-state index contributed by atoms with van der Waals surface area (Å²) in [6.07, 6.45) is 1.88. The van der Waals surface area contributed by atoms with Gasteiger partial charge >= 0.3 is 0 Å². The van der Waals surface area contributed by atoms with E-state index < -0.39 is 5.89 Å². The number of phenols is 1. The molecule has 0 aliphatic rings. The van der Waals surface area contributed by atoms with Crippen LogP contribution in [0.25, 0.3) is 83.9 Å². The second kappa shape index (κ2) is 18.6. The second-order valence-electron chi connectivity index (χ2n) is 21.3. The minimum absolute atomic E-state index is 0. The van der Waals surface area contributed by atoms with E-state index in [4.69, 9.17) is 9.97 Å². The van der Waals surface area contributed by atoms with Gasteiger partial charge in [-0.3, -0.25) is 9.55 Å². The summed E-state index contributed by atoms with van der Waals surface area (Å²) in [7, 11) is 0. The SMILES string of the molecule is [2H]C(C)(C)c1ccc(-n2c(-c3cc(C(C)(C)C)cc(C(C)(C)C)c3O)nc3c(-c4[c-]c(-c5cc(-c6ccccc6)ccn5)cc(-c5ccccc5)c4)cccc32)c(-c2ccc(C(C)(C)C)cc2)c1.[Pt]. The topological polar surface area (TPSA) is 50.9 Å². The van der Waals surface area contributed by atoms with Crippen molar-refractivity contribution in [3.63, 3.8) is 0 Å². The van der Waals surface area contributed by atoms with E-state index in [1.165, 1.54) is 5.56 Å². The fraction of sp³-hybridized carbons (Fsp3) is 0.238. The third-order valence-electron chi connectivity index (χ3n) is 13.0. The van der Waals surface area contributed by atoms with Crippen LogP contribution in [0.15, 0.2) is 164 Å². The number of aromatic nitrogens is 3. The van der Waals surface area contributed by atoms with Crippen LogP contribution in [0.2, 0.25) is 0 Å². The molecule has 0 radical (unpaired) electrons. The number of rotatable bonds is 8. The van der Waals surface area contributed by atoms with Crippen molar-refractivity contribution < 1.29 is 27.5 Å². The molecule has 2 heterocycles. The van der Waals surface area contributed by atoms with Gasteiger partial charge in [-0.15, -0.1) is 23.8 Å². The van der Waals surface area contributed by atoms with Crippen molar-refractivity contribution in [2.45, 2.75) is 98.3 Å². The van der Waals surface area contributed by atoms with Gasteiger partial charge in [0.1, 0.15) is 11.6 Å². The number of imidazole rings is 1. The minimum Gasteiger partial charge on any atom is -0.507 e. The summed E-state index contributed by atoms with van der Waals surface area (Å²) in [6.45, 7) is 23.7. The van der Waals surface area contributed by atoms with Crippen LogP contribution in [-0.2, 0) is 37.3 Å². The number of pyridine rings is 1. The molecule has 0 amide bonds. The molecule has 7 aromatic carbocycles. The fourth-order valence-electron chi connectivity index (χ4n) is 9.01. The Morgan fingerprint density at radius 1 is 0.544 bits per heavy atom. The van der Waals surface area contributed by atoms with Gasteiger partial charge in [0.15, 0.2) is 0 Å². The summed E-state index contributed by atoms with van der Waals surface area (Å²) in [5, 5.41) is 12.6. The van der Waals surface area contributed by atoms with Gasteiger partial charge in [-0.05, 0) is 91.4 Å². The van der Waals surface area contributed by atoms with Crippen molar-refractivity contribution in [1.82, 2.24) is 14.5 Å². The van der Waals surface area contributed by atoms with Crippen LogP contribution in [0.1, 0.15) is 106 Å². The summed E-state index contributed by atoms with van der Waals surface area (Å²) in [4.78, 5) is 10.6. The Morgan fingerprint density at radius 2 is 1.18 bits per heavy atom. The molecule has 1 N–H and O–H groups in total. The van der Waals surface area contributed by atoms with Gasteiger partial charge < -0.3 is 5.11 Å². The molecule has 0 spiro atoms. The number of aromatic hydroxyl groups is 1. The Balaban J connectivity index is 0.00000642. The number of para-hydroxylation sites is 1. The zero-order chi connectivity index (χ0) is 48.3. The Kier molecular flexibility index (Phi) is 12.8. The molecule has 9 aromatic rings. The molecule has 9 rings (SSSR count). The van der Waals surface area contributed by atoms with Gasteiger partial charge in [0.25, 0.3) is 0 Å². The number of fused-ring (bicyclic) bond motifs is 1. The van der Waals surface area contributed by atoms with Crippen LogP contribution in [-0.4, -0.2) is 19.6 Å². The van der Waals surface area contributed by atoms with Crippen LogP contribution in [0.3, 0.4) is 0 Å². The maximum absolute atomic E-state index is 12.6. The van der Waals surface area contributed by atoms with E-state index >= 15 is 0 Å². The average Bonchev–Trinajstić information content (AvgIpc) is 3.70. The fourth-order valence-corrected chi connectivity index (χ4v) is 9.01. The van der Waals surface area contributed by atoms with Crippen LogP contribution < -0.4 is 0 Å². The van der Waals surface area contributed by atoms with Crippen molar-refractivity contribution in [2.75, 3.05) is 0 Å². The molecule has 0 aliphatic heterocycles. The number of hydrogen-bond acceptors (Lipinski definition) is 3. The molecule has 2 aromatic heterocycles. The van der Waals surface area contributed by atoms with Crippen LogP contribution in [0.4, 0.5) is 0 Å². The maximum atomic E-state index is 12.6. The quantitative estimate of drug-likeness (QED) is 0.154. The number of hydrogen-bond donors (Lipinski definition) is 1. The van der Waals surface area contributed by atoms with Crippen molar-refractivity contribution in [3.05, 3.63) is 192 Å². The third kappa shape index (κ3) is 9.54. The first kappa shape index (κ1) is 46.7. The van der Waals surface area contributed by atoms with E-state index in [0.717, 1.165) is 89.2 Å². The molecule has 0 bridgehead atoms. The van der Waals surface area contributed by atoms with Crippen molar-refractivity contribution in [3.8, 4) is 78.6 Å². The van der Waals surface area contributed by atoms with E-state index in [-0.39, 0.29) is 43.1 Å². The molecule has 68 heavy (non-hydrogen) atoms. The van der Waals surface area contributed by atoms with Gasteiger partial charge in [-0.2, -0.15) is 0 Å². The number of nitrogens with zero attached hydrogens (tertiary/aromatic N) is 3. The zero-order valence-electron chi connectivity index (χ0n) is 42.2. The minimum atomic E-state index is -0.848. The average molecular weight is 1070 g/mol. The Morgan fingerprint density at radius 3 is 1.79 bits per heavy atom. The predicted molar refractivity (Wildman–Crippen MR) is 282 cm³/mol. The van der Waals surface area contributed by atoms with Crippen LogP contribution >= 0.6 is 0 Å². The smallest absolute Gasteiger partial charge is 0.148 e. The molecule has 0 fully saturated rings. The first-order valence-electron chi connectivity index (χ1n) is 24.0. The summed E-state index contributed by atoms with van der Waals surface area (Å²) in [5.74, 6) is -0.00385. The predicted octanol–water partition coefficient (Wildman–Crippen LogP) is 16.9. The Hall–Kier alpha value is -6.35. The van der Waals surface area contributed by atoms with Crippen molar-refractivity contribution in [1.29, 1.82) is 0 Å². The first-order chi connectivity index (χ1) is 32.1. The number of phenolic OH excluding ortho intramolecular Hbond substituents is 1. The van der Waals surface area contributed by atoms with Gasteiger partial charge in [-0.25, -0.2) is 4.98 Å². The summed E-state index contributed by atoms with van der Waals surface area (Å²) < 4.78 is 11.4. The first-order valence-corrected chi connectivity index (χ1v) is 23.5. The van der Waals surface area contributed by atoms with E-state index in [1.807, 2.05) is 32.2 Å². The summed E-state index contributed by atoms with van der Waals surface area (Å²) in [6, 6.07) is 59.1. The van der Waals surface area contributed by atoms with Crippen molar-refractivity contribution in [2.24, 2.45) is 0 Å². The van der Waals surface area contributed by atoms with E-state index in [1.54, 1.807) is 0 Å². The zero-order valence-corrected chi connectivity index (χ0v) is 43.5. The van der Waals surface area contributed by atoms with Crippen LogP contribution in [0.5, 0.6) is 5.75 Å². The van der Waals surface area contributed by atoms with Gasteiger partial charge in [-0.1, -0.05) is 208 Å². The van der Waals surface area contributed by atoms with Crippen LogP contribution in [0, 0.1) is 6.07 Å². The number of benzene rings is 7. The normalized spacial score (nSPS) is 12.5. The third-order valence-corrected chi connectivity index (χ3v) is 13.0. The van der Waals surface area contributed by atoms with Gasteiger partial charge in [0.05, 0.1) is 22.3 Å². The van der Waals surface area contributed by atoms with E-state index in [0.29, 0.717) is 11.4 Å². The maximum Gasteiger partial charge on any atom is 0.148 e. The molecule has 0 atom stereocenters. The summed E-state index contributed by atoms with van der Waals surface area (Å²) in [5.41, 5.74) is 16.5. The molecule has 0 saturated carbocycles. The molecule has 4 nitrogen and oxygen atoms in total. The molecule has 346 valence electrons. The van der Waals surface area contributed by atoms with E-state index in [9.17, 15) is 6.48 Å². The molecule has 0 saturated heterocycles. The Bertz CT molecular complexity index is 3310.